The van der Waals surface area contributed by atoms with Gasteiger partial charge in [0.05, 0.1) is 5.69 Å². The molecular formula is C21H19N3OS. The van der Waals surface area contributed by atoms with E-state index in [0.29, 0.717) is 12.8 Å². The summed E-state index contributed by atoms with van der Waals surface area (Å²) in [6, 6.07) is 18.0. The molecule has 1 N–H and O–H groups in total. The number of rotatable bonds is 5. The van der Waals surface area contributed by atoms with Crippen LogP contribution in [-0.4, -0.2) is 15.3 Å². The summed E-state index contributed by atoms with van der Waals surface area (Å²) in [4.78, 5) is 17.9. The molecule has 0 bridgehead atoms. The van der Waals surface area contributed by atoms with Crippen molar-refractivity contribution in [3.8, 4) is 11.3 Å². The number of carbonyl (C=O) groups excluding carboxylic acids is 1. The van der Waals surface area contributed by atoms with E-state index in [1.165, 1.54) is 0 Å². The maximum Gasteiger partial charge on any atom is 0.224 e. The first-order chi connectivity index (χ1) is 12.7. The van der Waals surface area contributed by atoms with Crippen LogP contribution in [0.2, 0.25) is 0 Å². The molecule has 0 radical (unpaired) electrons. The van der Waals surface area contributed by atoms with E-state index < -0.39 is 0 Å². The van der Waals surface area contributed by atoms with E-state index in [0.717, 1.165) is 33.2 Å². The lowest BCUT2D eigenvalue weighted by atomic mass is 10.2. The van der Waals surface area contributed by atoms with Crippen molar-refractivity contribution >= 4 is 27.9 Å². The Balaban J connectivity index is 1.46. The smallest absolute Gasteiger partial charge is 0.224 e. The molecule has 130 valence electrons. The van der Waals surface area contributed by atoms with Gasteiger partial charge in [0.1, 0.15) is 0 Å². The highest BCUT2D eigenvalue weighted by Gasteiger charge is 2.11. The van der Waals surface area contributed by atoms with Crippen LogP contribution in [-0.2, 0) is 11.2 Å². The van der Waals surface area contributed by atoms with Gasteiger partial charge in [-0.15, -0.1) is 11.3 Å². The fourth-order valence-corrected chi connectivity index (χ4v) is 3.85. The number of benzene rings is 2. The number of imidazole rings is 1. The molecule has 0 atom stereocenters. The zero-order chi connectivity index (χ0) is 17.9. The zero-order valence-electron chi connectivity index (χ0n) is 14.5. The van der Waals surface area contributed by atoms with Crippen LogP contribution >= 0.6 is 11.3 Å². The summed E-state index contributed by atoms with van der Waals surface area (Å²) < 4.78 is 2.09. The minimum atomic E-state index is 0.0262. The molecule has 0 saturated carbocycles. The molecule has 0 aliphatic carbocycles. The highest BCUT2D eigenvalue weighted by atomic mass is 32.1. The summed E-state index contributed by atoms with van der Waals surface area (Å²) in [6.45, 7) is 2.01. The fourth-order valence-electron chi connectivity index (χ4n) is 2.94. The molecule has 2 heterocycles. The van der Waals surface area contributed by atoms with Gasteiger partial charge < -0.3 is 5.32 Å². The van der Waals surface area contributed by atoms with Crippen molar-refractivity contribution in [1.29, 1.82) is 0 Å². The Kier molecular flexibility index (Phi) is 4.54. The second kappa shape index (κ2) is 7.14. The third-order valence-electron chi connectivity index (χ3n) is 4.26. The van der Waals surface area contributed by atoms with Gasteiger partial charge in [0, 0.05) is 34.9 Å². The van der Waals surface area contributed by atoms with Crippen molar-refractivity contribution < 1.29 is 4.79 Å². The van der Waals surface area contributed by atoms with Crippen molar-refractivity contribution in [3.05, 3.63) is 77.4 Å². The van der Waals surface area contributed by atoms with E-state index in [4.69, 9.17) is 0 Å². The maximum atomic E-state index is 12.2. The van der Waals surface area contributed by atoms with Crippen LogP contribution < -0.4 is 5.32 Å². The predicted octanol–water partition coefficient (Wildman–Crippen LogP) is 4.94. The van der Waals surface area contributed by atoms with Crippen molar-refractivity contribution in [2.75, 3.05) is 5.32 Å². The standard InChI is InChI=1S/C21H19N3OS/c1-15-6-5-9-17(12-15)22-20(25)11-10-18-14-26-21-23-19(13-24(18)21)16-7-3-2-4-8-16/h2-9,12-14H,10-11H2,1H3,(H,22,25). The summed E-state index contributed by atoms with van der Waals surface area (Å²) >= 11 is 1.61. The number of nitrogens with one attached hydrogen (secondary N) is 1. The van der Waals surface area contributed by atoms with E-state index >= 15 is 0 Å². The number of fused-ring (bicyclic) bond motifs is 1. The van der Waals surface area contributed by atoms with Gasteiger partial charge in [0.15, 0.2) is 4.96 Å². The van der Waals surface area contributed by atoms with Gasteiger partial charge in [-0.2, -0.15) is 0 Å². The Morgan fingerprint density at radius 2 is 2.00 bits per heavy atom. The Morgan fingerprint density at radius 1 is 1.15 bits per heavy atom. The molecule has 2 aromatic carbocycles. The average molecular weight is 361 g/mol. The average Bonchev–Trinajstić information content (AvgIpc) is 3.22. The normalized spacial score (nSPS) is 11.0. The minimum Gasteiger partial charge on any atom is -0.326 e. The lowest BCUT2D eigenvalue weighted by Crippen LogP contribution is -2.12. The summed E-state index contributed by atoms with van der Waals surface area (Å²) in [7, 11) is 0. The second-order valence-corrected chi connectivity index (χ2v) is 7.13. The number of aryl methyl sites for hydroxylation is 2. The molecule has 4 aromatic rings. The second-order valence-electron chi connectivity index (χ2n) is 6.29. The van der Waals surface area contributed by atoms with Crippen LogP contribution in [0.25, 0.3) is 16.2 Å². The van der Waals surface area contributed by atoms with Crippen LogP contribution in [0.5, 0.6) is 0 Å². The highest BCUT2D eigenvalue weighted by molar-refractivity contribution is 7.15. The molecule has 0 aliphatic heterocycles. The molecule has 26 heavy (non-hydrogen) atoms. The Bertz CT molecular complexity index is 1050. The van der Waals surface area contributed by atoms with Gasteiger partial charge in [-0.3, -0.25) is 9.20 Å². The lowest BCUT2D eigenvalue weighted by molar-refractivity contribution is -0.116. The molecular weight excluding hydrogens is 342 g/mol. The van der Waals surface area contributed by atoms with Crippen LogP contribution in [0.4, 0.5) is 5.69 Å². The molecule has 5 heteroatoms. The minimum absolute atomic E-state index is 0.0262. The first-order valence-electron chi connectivity index (χ1n) is 8.56. The zero-order valence-corrected chi connectivity index (χ0v) is 15.3. The van der Waals surface area contributed by atoms with E-state index in [9.17, 15) is 4.79 Å². The first kappa shape index (κ1) is 16.5. The molecule has 4 rings (SSSR count). The monoisotopic (exact) mass is 361 g/mol. The van der Waals surface area contributed by atoms with Crippen molar-refractivity contribution in [2.45, 2.75) is 19.8 Å². The summed E-state index contributed by atoms with van der Waals surface area (Å²) in [5, 5.41) is 5.04. The maximum absolute atomic E-state index is 12.2. The van der Waals surface area contributed by atoms with Crippen LogP contribution in [0, 0.1) is 6.92 Å². The number of aromatic nitrogens is 2. The molecule has 4 nitrogen and oxygen atoms in total. The molecule has 1 amide bonds. The summed E-state index contributed by atoms with van der Waals surface area (Å²) in [5.41, 5.74) is 5.15. The SMILES string of the molecule is Cc1cccc(NC(=O)CCc2csc3nc(-c4ccccc4)cn23)c1. The number of thiazole rings is 1. The van der Waals surface area contributed by atoms with Gasteiger partial charge in [-0.1, -0.05) is 42.5 Å². The van der Waals surface area contributed by atoms with Crippen LogP contribution in [0.1, 0.15) is 17.7 Å². The predicted molar refractivity (Wildman–Crippen MR) is 107 cm³/mol. The van der Waals surface area contributed by atoms with Crippen LogP contribution in [0.15, 0.2) is 66.2 Å². The fraction of sp³-hybridized carbons (Fsp3) is 0.143. The number of amides is 1. The Hall–Kier alpha value is -2.92. The van der Waals surface area contributed by atoms with E-state index in [2.05, 4.69) is 38.4 Å². The number of carbonyl (C=O) groups is 1. The molecule has 0 fully saturated rings. The van der Waals surface area contributed by atoms with E-state index in [1.54, 1.807) is 11.3 Å². The van der Waals surface area contributed by atoms with Crippen molar-refractivity contribution in [3.63, 3.8) is 0 Å². The number of anilines is 1. The summed E-state index contributed by atoms with van der Waals surface area (Å²) in [5.74, 6) is 0.0262. The molecule has 2 aromatic heterocycles. The highest BCUT2D eigenvalue weighted by Crippen LogP contribution is 2.24. The third-order valence-corrected chi connectivity index (χ3v) is 5.15. The van der Waals surface area contributed by atoms with Crippen molar-refractivity contribution in [2.24, 2.45) is 0 Å². The van der Waals surface area contributed by atoms with Gasteiger partial charge in [0.2, 0.25) is 5.91 Å². The molecule has 0 aliphatic rings. The molecule has 0 saturated heterocycles. The van der Waals surface area contributed by atoms with Gasteiger partial charge in [0.25, 0.3) is 0 Å². The number of hydrogen-bond donors (Lipinski definition) is 1. The number of nitrogens with zero attached hydrogens (tertiary/aromatic N) is 2. The summed E-state index contributed by atoms with van der Waals surface area (Å²) in [6.07, 6.45) is 3.18. The van der Waals surface area contributed by atoms with E-state index in [-0.39, 0.29) is 5.91 Å². The Labute approximate surface area is 156 Å². The van der Waals surface area contributed by atoms with Gasteiger partial charge in [-0.25, -0.2) is 4.98 Å². The lowest BCUT2D eigenvalue weighted by Gasteiger charge is -2.05. The Morgan fingerprint density at radius 3 is 2.81 bits per heavy atom. The molecule has 0 unspecified atom stereocenters. The van der Waals surface area contributed by atoms with Crippen molar-refractivity contribution in [1.82, 2.24) is 9.38 Å². The number of hydrogen-bond acceptors (Lipinski definition) is 3. The van der Waals surface area contributed by atoms with Crippen LogP contribution in [0.3, 0.4) is 0 Å². The van der Waals surface area contributed by atoms with Gasteiger partial charge in [-0.05, 0) is 31.0 Å². The first-order valence-corrected chi connectivity index (χ1v) is 9.44. The van der Waals surface area contributed by atoms with Gasteiger partial charge >= 0.3 is 0 Å². The third kappa shape index (κ3) is 3.53. The van der Waals surface area contributed by atoms with E-state index in [1.807, 2.05) is 49.4 Å². The quantitative estimate of drug-likeness (QED) is 0.547. The largest absolute Gasteiger partial charge is 0.326 e. The molecule has 0 spiro atoms. The topological polar surface area (TPSA) is 46.4 Å².